The molecule has 4 atom stereocenters. The Morgan fingerprint density at radius 2 is 1.71 bits per heavy atom. The van der Waals surface area contributed by atoms with Gasteiger partial charge >= 0.3 is 6.09 Å². The highest BCUT2D eigenvalue weighted by atomic mass is 32.1. The molecule has 1 rings (SSSR count). The predicted octanol–water partition coefficient (Wildman–Crippen LogP) is 4.46. The molecule has 194 valence electrons. The number of hydrogen-bond donors (Lipinski definition) is 3. The van der Waals surface area contributed by atoms with Crippen molar-refractivity contribution in [2.24, 2.45) is 0 Å². The summed E-state index contributed by atoms with van der Waals surface area (Å²) in [6.07, 6.45) is 7.12. The molecule has 7 nitrogen and oxygen atoms in total. The maximum Gasteiger partial charge on any atom is 0.408 e. The second-order valence-electron chi connectivity index (χ2n) is 9.75. The Balaban J connectivity index is 3.45. The molecule has 0 spiro atoms. The number of hydrogen-bond acceptors (Lipinski definition) is 5. The summed E-state index contributed by atoms with van der Waals surface area (Å²) >= 11 is 4.31. The fourth-order valence-electron chi connectivity index (χ4n) is 3.64. The Kier molecular flexibility index (Phi) is 12.2. The van der Waals surface area contributed by atoms with E-state index in [0.717, 1.165) is 12.8 Å². The third-order valence-corrected chi connectivity index (χ3v) is 5.89. The molecule has 35 heavy (non-hydrogen) atoms. The summed E-state index contributed by atoms with van der Waals surface area (Å²) < 4.78 is 5.33. The second-order valence-corrected chi connectivity index (χ2v) is 10.1. The summed E-state index contributed by atoms with van der Waals surface area (Å²) in [5, 5.41) is 5.67. The first-order chi connectivity index (χ1) is 16.4. The van der Waals surface area contributed by atoms with Crippen molar-refractivity contribution >= 4 is 30.5 Å². The smallest absolute Gasteiger partial charge is 0.408 e. The Morgan fingerprint density at radius 1 is 1.11 bits per heavy atom. The van der Waals surface area contributed by atoms with Crippen molar-refractivity contribution in [3.8, 4) is 12.3 Å². The van der Waals surface area contributed by atoms with E-state index in [4.69, 9.17) is 11.2 Å². The lowest BCUT2D eigenvalue weighted by atomic mass is 9.98. The summed E-state index contributed by atoms with van der Waals surface area (Å²) in [5.41, 5.74) is 0.587. The molecule has 0 aliphatic carbocycles. The van der Waals surface area contributed by atoms with E-state index in [0.29, 0.717) is 17.5 Å². The average molecular weight is 504 g/mol. The van der Waals surface area contributed by atoms with Crippen LogP contribution in [0.1, 0.15) is 84.9 Å². The van der Waals surface area contributed by atoms with Crippen LogP contribution in [0.2, 0.25) is 0 Å². The third kappa shape index (κ3) is 9.48. The number of nitrogens with zero attached hydrogens (tertiary/aromatic N) is 1. The molecular formula is C27H41N3O4S. The average Bonchev–Trinajstić information content (AvgIpc) is 2.79. The predicted molar refractivity (Wildman–Crippen MR) is 143 cm³/mol. The minimum Gasteiger partial charge on any atom is -0.444 e. The molecule has 0 bridgehead atoms. The van der Waals surface area contributed by atoms with Gasteiger partial charge in [0.15, 0.2) is 0 Å². The van der Waals surface area contributed by atoms with Crippen LogP contribution in [0.5, 0.6) is 0 Å². The lowest BCUT2D eigenvalue weighted by Gasteiger charge is -2.38. The number of carbonyl (C=O) groups excluding carboxylic acids is 3. The SMILES string of the molecule is C#Cc1ccc(C(C(=O)NC(C)CCC)N(C(=O)C(CS)NC(=O)OC(C)(C)C)C(C)CC)cc1. The number of terminal acetylenes is 1. The van der Waals surface area contributed by atoms with Crippen LogP contribution < -0.4 is 10.6 Å². The molecule has 4 unspecified atom stereocenters. The topological polar surface area (TPSA) is 87.7 Å². The van der Waals surface area contributed by atoms with Gasteiger partial charge in [0.25, 0.3) is 0 Å². The van der Waals surface area contributed by atoms with Crippen LogP contribution in [-0.4, -0.2) is 52.3 Å². The quantitative estimate of drug-likeness (QED) is 0.307. The fraction of sp³-hybridized carbons (Fsp3) is 0.593. The van der Waals surface area contributed by atoms with Crippen LogP contribution in [0.4, 0.5) is 4.79 Å². The molecule has 0 saturated carbocycles. The zero-order valence-electron chi connectivity index (χ0n) is 22.1. The number of nitrogens with one attached hydrogen (secondary N) is 2. The number of carbonyl (C=O) groups is 3. The summed E-state index contributed by atoms with van der Waals surface area (Å²) in [7, 11) is 0. The first-order valence-electron chi connectivity index (χ1n) is 12.2. The largest absolute Gasteiger partial charge is 0.444 e. The molecule has 0 fully saturated rings. The number of alkyl carbamates (subject to hydrolysis) is 1. The first kappa shape index (κ1) is 30.4. The first-order valence-corrected chi connectivity index (χ1v) is 12.8. The maximum absolute atomic E-state index is 13.8. The van der Waals surface area contributed by atoms with E-state index in [1.807, 2.05) is 27.7 Å². The van der Waals surface area contributed by atoms with Crippen molar-refractivity contribution in [2.75, 3.05) is 5.75 Å². The van der Waals surface area contributed by atoms with Crippen molar-refractivity contribution in [2.45, 2.75) is 97.5 Å². The van der Waals surface area contributed by atoms with Crippen molar-refractivity contribution in [1.82, 2.24) is 15.5 Å². The molecule has 3 amide bonds. The highest BCUT2D eigenvalue weighted by Crippen LogP contribution is 2.27. The Morgan fingerprint density at radius 3 is 2.17 bits per heavy atom. The molecule has 2 N–H and O–H groups in total. The van der Waals surface area contributed by atoms with E-state index in [1.165, 1.54) is 4.90 Å². The molecule has 8 heteroatoms. The molecule has 0 aliphatic rings. The molecule has 0 saturated heterocycles. The number of rotatable bonds is 11. The normalized spacial score (nSPS) is 14.6. The summed E-state index contributed by atoms with van der Waals surface area (Å²) in [5.74, 6) is 1.91. The lowest BCUT2D eigenvalue weighted by Crippen LogP contribution is -2.56. The van der Waals surface area contributed by atoms with Crippen LogP contribution in [0.25, 0.3) is 0 Å². The van der Waals surface area contributed by atoms with Gasteiger partial charge < -0.3 is 20.3 Å². The molecule has 0 aromatic heterocycles. The number of benzene rings is 1. The van der Waals surface area contributed by atoms with E-state index in [9.17, 15) is 14.4 Å². The van der Waals surface area contributed by atoms with Crippen LogP contribution in [0.15, 0.2) is 24.3 Å². The van der Waals surface area contributed by atoms with Gasteiger partial charge in [0.1, 0.15) is 17.7 Å². The molecule has 1 aromatic rings. The minimum absolute atomic E-state index is 0.0433. The zero-order chi connectivity index (χ0) is 26.8. The minimum atomic E-state index is -0.976. The third-order valence-electron chi connectivity index (χ3n) is 5.52. The Hall–Kier alpha value is -2.66. The van der Waals surface area contributed by atoms with Gasteiger partial charge in [-0.05, 0) is 65.2 Å². The molecule has 1 aromatic carbocycles. The van der Waals surface area contributed by atoms with E-state index in [2.05, 4.69) is 29.2 Å². The number of amides is 3. The summed E-state index contributed by atoms with van der Waals surface area (Å²) in [4.78, 5) is 41.4. The zero-order valence-corrected chi connectivity index (χ0v) is 22.9. The number of ether oxygens (including phenoxy) is 1. The summed E-state index contributed by atoms with van der Waals surface area (Å²) in [6.45, 7) is 13.0. The van der Waals surface area contributed by atoms with Crippen LogP contribution in [0, 0.1) is 12.3 Å². The van der Waals surface area contributed by atoms with E-state index >= 15 is 0 Å². The van der Waals surface area contributed by atoms with Gasteiger partial charge in [-0.1, -0.05) is 38.3 Å². The molecule has 0 radical (unpaired) electrons. The van der Waals surface area contributed by atoms with Gasteiger partial charge in [0.05, 0.1) is 0 Å². The Bertz CT molecular complexity index is 889. The van der Waals surface area contributed by atoms with Crippen LogP contribution >= 0.6 is 12.6 Å². The van der Waals surface area contributed by atoms with Crippen LogP contribution in [-0.2, 0) is 14.3 Å². The van der Waals surface area contributed by atoms with Crippen molar-refractivity contribution < 1.29 is 19.1 Å². The van der Waals surface area contributed by atoms with E-state index in [-0.39, 0.29) is 23.7 Å². The molecular weight excluding hydrogens is 462 g/mol. The fourth-order valence-corrected chi connectivity index (χ4v) is 3.89. The van der Waals surface area contributed by atoms with Gasteiger partial charge in [0, 0.05) is 23.4 Å². The Labute approximate surface area is 216 Å². The van der Waals surface area contributed by atoms with Gasteiger partial charge in [-0.3, -0.25) is 9.59 Å². The summed E-state index contributed by atoms with van der Waals surface area (Å²) in [6, 6.07) is 4.79. The standard InChI is InChI=1S/C27H41N3O4S/c1-9-12-18(4)28-24(31)23(21-15-13-20(11-3)14-16-21)30(19(5)10-2)25(32)22(17-35)29-26(33)34-27(6,7)8/h3,13-16,18-19,22-23,35H,9-10,12,17H2,1-2,4-8H3,(H,28,31)(H,29,33). The van der Waals surface area contributed by atoms with Crippen LogP contribution in [0.3, 0.4) is 0 Å². The van der Waals surface area contributed by atoms with Crippen molar-refractivity contribution in [1.29, 1.82) is 0 Å². The second kappa shape index (κ2) is 14.0. The molecule has 0 aliphatic heterocycles. The highest BCUT2D eigenvalue weighted by Gasteiger charge is 2.38. The van der Waals surface area contributed by atoms with Gasteiger partial charge in [-0.25, -0.2) is 4.79 Å². The lowest BCUT2D eigenvalue weighted by molar-refractivity contribution is -0.144. The van der Waals surface area contributed by atoms with E-state index < -0.39 is 29.7 Å². The highest BCUT2D eigenvalue weighted by molar-refractivity contribution is 7.80. The van der Waals surface area contributed by atoms with Crippen molar-refractivity contribution in [3.63, 3.8) is 0 Å². The van der Waals surface area contributed by atoms with Gasteiger partial charge in [-0.2, -0.15) is 12.6 Å². The monoisotopic (exact) mass is 503 g/mol. The van der Waals surface area contributed by atoms with Gasteiger partial charge in [0.2, 0.25) is 11.8 Å². The van der Waals surface area contributed by atoms with Crippen molar-refractivity contribution in [3.05, 3.63) is 35.4 Å². The van der Waals surface area contributed by atoms with Gasteiger partial charge in [-0.15, -0.1) is 6.42 Å². The maximum atomic E-state index is 13.8. The van der Waals surface area contributed by atoms with E-state index in [1.54, 1.807) is 45.0 Å². The number of thiol groups is 1. The molecule has 0 heterocycles.